The number of nitriles is 1. The number of anilines is 1. The fraction of sp³-hybridized carbons (Fsp3) is 0.435. The van der Waals surface area contributed by atoms with Gasteiger partial charge >= 0.3 is 6.09 Å². The van der Waals surface area contributed by atoms with Crippen molar-refractivity contribution in [1.82, 2.24) is 24.8 Å². The first-order valence-electron chi connectivity index (χ1n) is 10.8. The first-order chi connectivity index (χ1) is 15.8. The molecular formula is C23H27N7O2S. The van der Waals surface area contributed by atoms with Gasteiger partial charge in [-0.2, -0.15) is 10.2 Å². The molecule has 0 spiro atoms. The van der Waals surface area contributed by atoms with Crippen LogP contribution in [0, 0.1) is 11.3 Å². The molecule has 9 nitrogen and oxygen atoms in total. The molecule has 2 aromatic heterocycles. The van der Waals surface area contributed by atoms with Gasteiger partial charge in [0.1, 0.15) is 16.1 Å². The Morgan fingerprint density at radius 3 is 2.79 bits per heavy atom. The Morgan fingerprint density at radius 1 is 1.27 bits per heavy atom. The number of imidazole rings is 1. The second-order valence-corrected chi connectivity index (χ2v) is 9.80. The van der Waals surface area contributed by atoms with E-state index in [0.29, 0.717) is 31.2 Å². The zero-order valence-corrected chi connectivity index (χ0v) is 19.8. The highest BCUT2D eigenvalue weighted by Gasteiger charge is 2.34. The number of amides is 1. The largest absolute Gasteiger partial charge is 0.444 e. The van der Waals surface area contributed by atoms with Crippen LogP contribution in [0.5, 0.6) is 0 Å². The van der Waals surface area contributed by atoms with Crippen LogP contribution in [0.4, 0.5) is 10.7 Å². The highest BCUT2D eigenvalue weighted by atomic mass is 32.2. The Kier molecular flexibility index (Phi) is 6.70. The molecule has 1 aliphatic rings. The van der Waals surface area contributed by atoms with Crippen molar-refractivity contribution >= 4 is 35.0 Å². The average molecular weight is 466 g/mol. The number of thioether (sulfide) groups is 1. The first-order valence-corrected chi connectivity index (χ1v) is 11.8. The number of carbonyl (C=O) groups is 1. The number of ether oxygens (including phenoxy) is 1. The van der Waals surface area contributed by atoms with Crippen LogP contribution in [0.25, 0.3) is 11.2 Å². The second-order valence-electron chi connectivity index (χ2n) is 8.84. The average Bonchev–Trinajstić information content (AvgIpc) is 3.26. The summed E-state index contributed by atoms with van der Waals surface area (Å²) in [6.07, 6.45) is 1.43. The maximum atomic E-state index is 12.7. The number of piperazine rings is 1. The molecule has 3 aromatic rings. The van der Waals surface area contributed by atoms with Crippen LogP contribution in [0.3, 0.4) is 0 Å². The molecule has 1 fully saturated rings. The Balaban J connectivity index is 1.55. The van der Waals surface area contributed by atoms with Gasteiger partial charge in [0.05, 0.1) is 24.9 Å². The summed E-state index contributed by atoms with van der Waals surface area (Å²) in [5.41, 5.74) is 2.02. The van der Waals surface area contributed by atoms with E-state index in [1.165, 1.54) is 5.56 Å². The molecule has 0 radical (unpaired) electrons. The van der Waals surface area contributed by atoms with E-state index in [9.17, 15) is 10.1 Å². The van der Waals surface area contributed by atoms with Crippen LogP contribution in [0.2, 0.25) is 0 Å². The van der Waals surface area contributed by atoms with E-state index in [1.807, 2.05) is 43.9 Å². The van der Waals surface area contributed by atoms with Gasteiger partial charge < -0.3 is 19.5 Å². The van der Waals surface area contributed by atoms with E-state index in [4.69, 9.17) is 9.72 Å². The molecule has 0 bridgehead atoms. The minimum absolute atomic E-state index is 0.204. The topological polar surface area (TPSA) is 111 Å². The monoisotopic (exact) mass is 465 g/mol. The number of hydrogen-bond donors (Lipinski definition) is 1. The van der Waals surface area contributed by atoms with Crippen LogP contribution < -0.4 is 4.90 Å². The van der Waals surface area contributed by atoms with Crippen molar-refractivity contribution in [2.45, 2.75) is 49.6 Å². The quantitative estimate of drug-likeness (QED) is 0.445. The molecular weight excluding hydrogens is 438 g/mol. The molecule has 1 atom stereocenters. The van der Waals surface area contributed by atoms with Gasteiger partial charge in [0, 0.05) is 25.4 Å². The molecule has 4 rings (SSSR count). The predicted molar refractivity (Wildman–Crippen MR) is 127 cm³/mol. The van der Waals surface area contributed by atoms with Crippen LogP contribution in [0.1, 0.15) is 32.8 Å². The third-order valence-electron chi connectivity index (χ3n) is 5.18. The zero-order valence-electron chi connectivity index (χ0n) is 19.0. The standard InChI is InChI=1S/C23H27N7O2S/c1-23(2,3)32-22(31)30-12-11-29(13-17(30)9-10-24)21-27-19-18(25-15-26-19)20(28-21)33-14-16-7-5-4-6-8-16/h4-8,15,17H,9,11-14H2,1-3H3,(H,25,26,27,28)/t17-/m0/s1. The number of aromatic nitrogens is 4. The Labute approximate surface area is 197 Å². The Hall–Kier alpha value is -3.32. The van der Waals surface area contributed by atoms with Gasteiger partial charge in [0.2, 0.25) is 5.95 Å². The summed E-state index contributed by atoms with van der Waals surface area (Å²) in [6, 6.07) is 12.1. The normalized spacial score (nSPS) is 16.6. The first kappa shape index (κ1) is 22.9. The minimum atomic E-state index is -0.593. The van der Waals surface area contributed by atoms with E-state index >= 15 is 0 Å². The summed E-state index contributed by atoms with van der Waals surface area (Å²) in [5, 5.41) is 10.2. The second kappa shape index (κ2) is 9.67. The third-order valence-corrected chi connectivity index (χ3v) is 6.23. The van der Waals surface area contributed by atoms with Crippen molar-refractivity contribution in [2.75, 3.05) is 24.5 Å². The van der Waals surface area contributed by atoms with Crippen LogP contribution in [-0.4, -0.2) is 62.2 Å². The van der Waals surface area contributed by atoms with E-state index in [0.717, 1.165) is 16.3 Å². The molecule has 1 aliphatic heterocycles. The lowest BCUT2D eigenvalue weighted by Crippen LogP contribution is -2.56. The molecule has 3 heterocycles. The van der Waals surface area contributed by atoms with Gasteiger partial charge in [-0.25, -0.2) is 14.8 Å². The van der Waals surface area contributed by atoms with Crippen molar-refractivity contribution in [1.29, 1.82) is 5.26 Å². The lowest BCUT2D eigenvalue weighted by molar-refractivity contribution is 0.0144. The van der Waals surface area contributed by atoms with Crippen molar-refractivity contribution < 1.29 is 9.53 Å². The SMILES string of the molecule is CC(C)(C)OC(=O)N1CCN(c2nc(SCc3ccccc3)c3[nH]cnc3n2)C[C@@H]1CC#N. The number of H-pyrrole nitrogens is 1. The Bertz CT molecular complexity index is 1150. The summed E-state index contributed by atoms with van der Waals surface area (Å²) in [5.74, 6) is 1.33. The van der Waals surface area contributed by atoms with E-state index in [-0.39, 0.29) is 12.5 Å². The van der Waals surface area contributed by atoms with E-state index in [1.54, 1.807) is 23.0 Å². The van der Waals surface area contributed by atoms with Crippen molar-refractivity contribution in [3.8, 4) is 6.07 Å². The molecule has 10 heteroatoms. The van der Waals surface area contributed by atoms with E-state index in [2.05, 4.69) is 33.2 Å². The summed E-state index contributed by atoms with van der Waals surface area (Å²) in [4.78, 5) is 33.3. The van der Waals surface area contributed by atoms with Crippen molar-refractivity contribution in [2.24, 2.45) is 0 Å². The maximum absolute atomic E-state index is 12.7. The number of nitrogens with one attached hydrogen (secondary N) is 1. The number of carbonyl (C=O) groups excluding carboxylic acids is 1. The van der Waals surface area contributed by atoms with Crippen LogP contribution >= 0.6 is 11.8 Å². The number of nitrogens with zero attached hydrogens (tertiary/aromatic N) is 6. The predicted octanol–water partition coefficient (Wildman–Crippen LogP) is 3.98. The van der Waals surface area contributed by atoms with Gasteiger partial charge in [0.25, 0.3) is 0 Å². The van der Waals surface area contributed by atoms with Crippen LogP contribution in [0.15, 0.2) is 41.7 Å². The molecule has 172 valence electrons. The van der Waals surface area contributed by atoms with Gasteiger partial charge in [-0.3, -0.25) is 0 Å². The van der Waals surface area contributed by atoms with Gasteiger partial charge in [-0.05, 0) is 26.3 Å². The zero-order chi connectivity index (χ0) is 23.4. The molecule has 1 aromatic carbocycles. The molecule has 1 saturated heterocycles. The fourth-order valence-corrected chi connectivity index (χ4v) is 4.58. The number of rotatable bonds is 5. The Morgan fingerprint density at radius 2 is 2.06 bits per heavy atom. The highest BCUT2D eigenvalue weighted by Crippen LogP contribution is 2.29. The molecule has 1 amide bonds. The summed E-state index contributed by atoms with van der Waals surface area (Å²) in [6.45, 7) is 6.92. The van der Waals surface area contributed by atoms with Crippen molar-refractivity contribution in [3.05, 3.63) is 42.2 Å². The fourth-order valence-electron chi connectivity index (χ4n) is 3.65. The third kappa shape index (κ3) is 5.54. The van der Waals surface area contributed by atoms with Gasteiger partial charge in [0.15, 0.2) is 5.65 Å². The number of benzene rings is 1. The van der Waals surface area contributed by atoms with Crippen molar-refractivity contribution in [3.63, 3.8) is 0 Å². The smallest absolute Gasteiger partial charge is 0.410 e. The van der Waals surface area contributed by atoms with Gasteiger partial charge in [-0.15, -0.1) is 0 Å². The summed E-state index contributed by atoms with van der Waals surface area (Å²) in [7, 11) is 0. The van der Waals surface area contributed by atoms with E-state index < -0.39 is 11.7 Å². The van der Waals surface area contributed by atoms with Gasteiger partial charge in [-0.1, -0.05) is 42.1 Å². The molecule has 0 saturated carbocycles. The molecule has 0 aliphatic carbocycles. The molecule has 0 unspecified atom stereocenters. The van der Waals surface area contributed by atoms with Crippen LogP contribution in [-0.2, 0) is 10.5 Å². The highest BCUT2D eigenvalue weighted by molar-refractivity contribution is 7.98. The molecule has 1 N–H and O–H groups in total. The lowest BCUT2D eigenvalue weighted by atomic mass is 10.1. The minimum Gasteiger partial charge on any atom is -0.444 e. The molecule has 33 heavy (non-hydrogen) atoms. The summed E-state index contributed by atoms with van der Waals surface area (Å²) < 4.78 is 5.55. The number of aromatic amines is 1. The maximum Gasteiger partial charge on any atom is 0.410 e. The lowest BCUT2D eigenvalue weighted by Gasteiger charge is -2.40. The summed E-state index contributed by atoms with van der Waals surface area (Å²) >= 11 is 1.62. The number of hydrogen-bond acceptors (Lipinski definition) is 8. The number of fused-ring (bicyclic) bond motifs is 1.